The van der Waals surface area contributed by atoms with Gasteiger partial charge < -0.3 is 0 Å². The molecule has 0 unspecified atom stereocenters. The summed E-state index contributed by atoms with van der Waals surface area (Å²) in [5, 5.41) is 15.4. The number of hydrogen-bond acceptors (Lipinski definition) is 3. The summed E-state index contributed by atoms with van der Waals surface area (Å²) in [4.78, 5) is 10.00. The molecule has 0 saturated carbocycles. The maximum absolute atomic E-state index is 10.5. The zero-order valence-electron chi connectivity index (χ0n) is 8.51. The number of aromatic nitrogens is 2. The molecule has 1 aromatic heterocycles. The van der Waals surface area contributed by atoms with E-state index in [-0.39, 0.29) is 5.69 Å². The van der Waals surface area contributed by atoms with E-state index in [4.69, 9.17) is 23.2 Å². The summed E-state index contributed by atoms with van der Waals surface area (Å²) in [5.74, 6) is 0. The third kappa shape index (κ3) is 2.57. The maximum Gasteiger partial charge on any atom is 0.307 e. The molecule has 2 rings (SSSR count). The number of halogens is 2. The average molecular weight is 272 g/mol. The van der Waals surface area contributed by atoms with Crippen molar-refractivity contribution in [1.82, 2.24) is 9.78 Å². The molecule has 0 N–H and O–H groups in total. The van der Waals surface area contributed by atoms with E-state index in [2.05, 4.69) is 5.10 Å². The summed E-state index contributed by atoms with van der Waals surface area (Å²) in [6, 6.07) is 5.15. The van der Waals surface area contributed by atoms with E-state index in [1.807, 2.05) is 0 Å². The normalized spacial score (nSPS) is 10.5. The van der Waals surface area contributed by atoms with Gasteiger partial charge in [0, 0.05) is 15.6 Å². The maximum atomic E-state index is 10.5. The van der Waals surface area contributed by atoms with Crippen molar-refractivity contribution in [3.05, 3.63) is 56.3 Å². The Bertz CT molecular complexity index is 548. The smallest absolute Gasteiger partial charge is 0.261 e. The minimum absolute atomic E-state index is 0.0619. The van der Waals surface area contributed by atoms with Crippen molar-refractivity contribution in [2.45, 2.75) is 6.54 Å². The minimum atomic E-state index is -0.502. The number of rotatable bonds is 3. The topological polar surface area (TPSA) is 61.0 Å². The van der Waals surface area contributed by atoms with E-state index < -0.39 is 4.92 Å². The molecule has 0 spiro atoms. The van der Waals surface area contributed by atoms with Crippen LogP contribution in [0, 0.1) is 10.1 Å². The van der Waals surface area contributed by atoms with Crippen LogP contribution in [0.25, 0.3) is 0 Å². The monoisotopic (exact) mass is 271 g/mol. The standard InChI is InChI=1S/C10H7Cl2N3O2/c11-9-2-1-3-10(12)8(9)6-14-5-7(4-13-14)15(16)17/h1-5H,6H2. The first-order valence-electron chi connectivity index (χ1n) is 4.67. The summed E-state index contributed by atoms with van der Waals surface area (Å²) < 4.78 is 1.42. The molecule has 1 aromatic carbocycles. The third-order valence-corrected chi connectivity index (χ3v) is 2.92. The Morgan fingerprint density at radius 1 is 1.35 bits per heavy atom. The van der Waals surface area contributed by atoms with Crippen molar-refractivity contribution in [2.24, 2.45) is 0 Å². The van der Waals surface area contributed by atoms with Crippen molar-refractivity contribution < 1.29 is 4.92 Å². The minimum Gasteiger partial charge on any atom is -0.261 e. The second-order valence-electron chi connectivity index (χ2n) is 3.35. The lowest BCUT2D eigenvalue weighted by Gasteiger charge is -2.06. The van der Waals surface area contributed by atoms with Crippen LogP contribution in [0.1, 0.15) is 5.56 Å². The lowest BCUT2D eigenvalue weighted by Crippen LogP contribution is -2.01. The fraction of sp³-hybridized carbons (Fsp3) is 0.100. The molecule has 0 atom stereocenters. The van der Waals surface area contributed by atoms with Crippen LogP contribution in [0.5, 0.6) is 0 Å². The highest BCUT2D eigenvalue weighted by molar-refractivity contribution is 6.35. The predicted molar refractivity (Wildman–Crippen MR) is 64.4 cm³/mol. The quantitative estimate of drug-likeness (QED) is 0.637. The third-order valence-electron chi connectivity index (χ3n) is 2.21. The van der Waals surface area contributed by atoms with Gasteiger partial charge in [0.15, 0.2) is 0 Å². The van der Waals surface area contributed by atoms with Gasteiger partial charge in [-0.1, -0.05) is 29.3 Å². The number of nitro groups is 1. The van der Waals surface area contributed by atoms with Crippen LogP contribution in [0.3, 0.4) is 0 Å². The van der Waals surface area contributed by atoms with Gasteiger partial charge in [0.25, 0.3) is 0 Å². The Kier molecular flexibility index (Phi) is 3.31. The molecule has 1 heterocycles. The summed E-state index contributed by atoms with van der Waals surface area (Å²) in [5.41, 5.74) is 0.627. The van der Waals surface area contributed by atoms with Crippen LogP contribution in [0.15, 0.2) is 30.6 Å². The molecule has 0 radical (unpaired) electrons. The van der Waals surface area contributed by atoms with E-state index in [9.17, 15) is 10.1 Å². The van der Waals surface area contributed by atoms with E-state index in [1.165, 1.54) is 17.1 Å². The molecule has 0 amide bonds. The van der Waals surface area contributed by atoms with Gasteiger partial charge in [0.05, 0.1) is 11.5 Å². The Hall–Kier alpha value is -1.59. The van der Waals surface area contributed by atoms with Crippen LogP contribution >= 0.6 is 23.2 Å². The van der Waals surface area contributed by atoms with Crippen LogP contribution in [-0.4, -0.2) is 14.7 Å². The van der Waals surface area contributed by atoms with Gasteiger partial charge in [-0.2, -0.15) is 5.10 Å². The molecular formula is C10H7Cl2N3O2. The van der Waals surface area contributed by atoms with Crippen LogP contribution in [-0.2, 0) is 6.54 Å². The molecule has 88 valence electrons. The first-order valence-corrected chi connectivity index (χ1v) is 5.43. The van der Waals surface area contributed by atoms with Crippen LogP contribution in [0.2, 0.25) is 10.0 Å². The first-order chi connectivity index (χ1) is 8.08. The second-order valence-corrected chi connectivity index (χ2v) is 4.17. The van der Waals surface area contributed by atoms with Crippen molar-refractivity contribution >= 4 is 28.9 Å². The zero-order chi connectivity index (χ0) is 12.4. The molecule has 0 saturated heterocycles. The molecule has 0 aliphatic rings. The molecule has 0 fully saturated rings. The second kappa shape index (κ2) is 4.73. The Labute approximate surface area is 107 Å². The Morgan fingerprint density at radius 2 is 2.00 bits per heavy atom. The van der Waals surface area contributed by atoms with Crippen LogP contribution in [0.4, 0.5) is 5.69 Å². The first kappa shape index (κ1) is 11.9. The fourth-order valence-electron chi connectivity index (χ4n) is 1.38. The van der Waals surface area contributed by atoms with E-state index >= 15 is 0 Å². The molecule has 0 aliphatic heterocycles. The van der Waals surface area contributed by atoms with Crippen molar-refractivity contribution in [2.75, 3.05) is 0 Å². The Balaban J connectivity index is 2.28. The fourth-order valence-corrected chi connectivity index (χ4v) is 1.90. The molecule has 2 aromatic rings. The highest BCUT2D eigenvalue weighted by Gasteiger charge is 2.11. The van der Waals surface area contributed by atoms with Gasteiger partial charge >= 0.3 is 5.69 Å². The lowest BCUT2D eigenvalue weighted by molar-refractivity contribution is -0.385. The highest BCUT2D eigenvalue weighted by atomic mass is 35.5. The summed E-state index contributed by atoms with van der Waals surface area (Å²) in [6.45, 7) is 0.298. The largest absolute Gasteiger partial charge is 0.307 e. The van der Waals surface area contributed by atoms with Gasteiger partial charge in [0.1, 0.15) is 12.4 Å². The Morgan fingerprint density at radius 3 is 2.53 bits per heavy atom. The average Bonchev–Trinajstić information content (AvgIpc) is 2.72. The molecular weight excluding hydrogens is 265 g/mol. The summed E-state index contributed by atoms with van der Waals surface area (Å²) in [7, 11) is 0. The molecule has 0 bridgehead atoms. The predicted octanol–water partition coefficient (Wildman–Crippen LogP) is 3.15. The summed E-state index contributed by atoms with van der Waals surface area (Å²) >= 11 is 12.0. The van der Waals surface area contributed by atoms with Crippen molar-refractivity contribution in [3.63, 3.8) is 0 Å². The molecule has 7 heteroatoms. The van der Waals surface area contributed by atoms with Gasteiger partial charge in [-0.15, -0.1) is 0 Å². The van der Waals surface area contributed by atoms with Gasteiger partial charge in [-0.3, -0.25) is 14.8 Å². The van der Waals surface area contributed by atoms with Gasteiger partial charge in [0.2, 0.25) is 0 Å². The molecule has 5 nitrogen and oxygen atoms in total. The molecule has 17 heavy (non-hydrogen) atoms. The number of hydrogen-bond donors (Lipinski definition) is 0. The SMILES string of the molecule is O=[N+]([O-])c1cnn(Cc2c(Cl)cccc2Cl)c1. The highest BCUT2D eigenvalue weighted by Crippen LogP contribution is 2.25. The number of nitrogens with zero attached hydrogens (tertiary/aromatic N) is 3. The van der Waals surface area contributed by atoms with Gasteiger partial charge in [-0.25, -0.2) is 0 Å². The zero-order valence-corrected chi connectivity index (χ0v) is 10.0. The van der Waals surface area contributed by atoms with Crippen molar-refractivity contribution in [1.29, 1.82) is 0 Å². The summed E-state index contributed by atoms with van der Waals surface area (Å²) in [6.07, 6.45) is 2.52. The lowest BCUT2D eigenvalue weighted by atomic mass is 10.2. The van der Waals surface area contributed by atoms with E-state index in [0.717, 1.165) is 0 Å². The van der Waals surface area contributed by atoms with Crippen LogP contribution < -0.4 is 0 Å². The van der Waals surface area contributed by atoms with E-state index in [0.29, 0.717) is 22.2 Å². The van der Waals surface area contributed by atoms with Crippen molar-refractivity contribution in [3.8, 4) is 0 Å². The van der Waals surface area contributed by atoms with Gasteiger partial charge in [-0.05, 0) is 12.1 Å². The van der Waals surface area contributed by atoms with E-state index in [1.54, 1.807) is 18.2 Å². The number of benzene rings is 1. The molecule has 0 aliphatic carbocycles.